The maximum Gasteiger partial charge on any atom is 0.188 e. The highest BCUT2D eigenvalue weighted by molar-refractivity contribution is 5.30. The molecule has 0 spiro atoms. The summed E-state index contributed by atoms with van der Waals surface area (Å²) in [6.07, 6.45) is 0.600. The molecule has 1 saturated heterocycles. The summed E-state index contributed by atoms with van der Waals surface area (Å²) in [6, 6.07) is 7.47. The van der Waals surface area contributed by atoms with E-state index >= 15 is 0 Å². The van der Waals surface area contributed by atoms with Gasteiger partial charge in [0.05, 0.1) is 12.2 Å². The molecule has 1 aliphatic heterocycles. The fourth-order valence-corrected chi connectivity index (χ4v) is 2.55. The van der Waals surface area contributed by atoms with Crippen molar-refractivity contribution in [2.75, 3.05) is 47.4 Å². The molecule has 1 unspecified atom stereocenters. The second-order valence-electron chi connectivity index (χ2n) is 5.38. The Morgan fingerprint density at radius 3 is 2.86 bits per heavy atom. The molecule has 2 rings (SSSR count). The lowest BCUT2D eigenvalue weighted by Crippen LogP contribution is -2.28. The molecule has 0 saturated carbocycles. The molecule has 1 fully saturated rings. The van der Waals surface area contributed by atoms with E-state index in [0.29, 0.717) is 19.1 Å². The molecule has 6 nitrogen and oxygen atoms in total. The number of aliphatic hydroxyl groups is 1. The van der Waals surface area contributed by atoms with E-state index in [9.17, 15) is 5.11 Å². The molecule has 1 aromatic carbocycles. The third-order valence-corrected chi connectivity index (χ3v) is 3.67. The highest BCUT2D eigenvalue weighted by Gasteiger charge is 2.25. The summed E-state index contributed by atoms with van der Waals surface area (Å²) in [4.78, 5) is 2.20. The summed E-state index contributed by atoms with van der Waals surface area (Å²) in [7, 11) is 3.20. The molecular weight excluding hydrogens is 286 g/mol. The summed E-state index contributed by atoms with van der Waals surface area (Å²) in [5.41, 5.74) is 0.842. The average molecular weight is 311 g/mol. The van der Waals surface area contributed by atoms with Crippen LogP contribution in [-0.2, 0) is 14.2 Å². The first kappa shape index (κ1) is 17.2. The van der Waals surface area contributed by atoms with E-state index in [1.165, 1.54) is 0 Å². The number of β-amino-alcohol motifs (C(OH)–C–C–N with tert-alkyl or cyclic N) is 1. The topological polar surface area (TPSA) is 60.4 Å². The maximum atomic E-state index is 10.4. The van der Waals surface area contributed by atoms with Gasteiger partial charge in [0.2, 0.25) is 0 Å². The predicted molar refractivity (Wildman–Crippen MR) is 81.7 cm³/mol. The van der Waals surface area contributed by atoms with Gasteiger partial charge in [-0.3, -0.25) is 4.90 Å². The van der Waals surface area contributed by atoms with Crippen molar-refractivity contribution in [1.29, 1.82) is 0 Å². The number of hydrogen-bond acceptors (Lipinski definition) is 6. The minimum atomic E-state index is -0.549. The van der Waals surface area contributed by atoms with Crippen LogP contribution in [0.15, 0.2) is 24.3 Å². The van der Waals surface area contributed by atoms with Crippen molar-refractivity contribution in [3.05, 3.63) is 29.8 Å². The van der Waals surface area contributed by atoms with Gasteiger partial charge in [0.15, 0.2) is 6.79 Å². The van der Waals surface area contributed by atoms with E-state index in [1.54, 1.807) is 14.2 Å². The first-order chi connectivity index (χ1) is 10.7. The Bertz CT molecular complexity index is 442. The second-order valence-corrected chi connectivity index (χ2v) is 5.38. The van der Waals surface area contributed by atoms with Crippen molar-refractivity contribution in [2.45, 2.75) is 18.6 Å². The van der Waals surface area contributed by atoms with E-state index < -0.39 is 6.10 Å². The molecule has 0 aromatic heterocycles. The molecule has 124 valence electrons. The molecule has 1 heterocycles. The van der Waals surface area contributed by atoms with Crippen LogP contribution in [0.25, 0.3) is 0 Å². The van der Waals surface area contributed by atoms with Crippen LogP contribution >= 0.6 is 0 Å². The lowest BCUT2D eigenvalue weighted by molar-refractivity contribution is -0.0677. The van der Waals surface area contributed by atoms with Gasteiger partial charge in [-0.1, -0.05) is 12.1 Å². The van der Waals surface area contributed by atoms with Crippen molar-refractivity contribution < 1.29 is 24.1 Å². The van der Waals surface area contributed by atoms with E-state index in [-0.39, 0.29) is 12.9 Å². The molecule has 1 aromatic rings. The normalized spacial score (nSPS) is 20.2. The lowest BCUT2D eigenvalue weighted by Gasteiger charge is -2.20. The molecule has 2 atom stereocenters. The molecule has 0 amide bonds. The van der Waals surface area contributed by atoms with Gasteiger partial charge >= 0.3 is 0 Å². The minimum absolute atomic E-state index is 0.184. The number of aliphatic hydroxyl groups excluding tert-OH is 1. The highest BCUT2D eigenvalue weighted by atomic mass is 16.7. The smallest absolute Gasteiger partial charge is 0.188 e. The van der Waals surface area contributed by atoms with Gasteiger partial charge in [0.1, 0.15) is 12.5 Å². The Hall–Kier alpha value is -1.18. The van der Waals surface area contributed by atoms with Crippen molar-refractivity contribution in [3.8, 4) is 5.75 Å². The Labute approximate surface area is 131 Å². The van der Waals surface area contributed by atoms with Crippen LogP contribution in [-0.4, -0.2) is 63.6 Å². The van der Waals surface area contributed by atoms with Crippen LogP contribution < -0.4 is 4.74 Å². The van der Waals surface area contributed by atoms with Gasteiger partial charge in [-0.25, -0.2) is 0 Å². The Morgan fingerprint density at radius 1 is 1.27 bits per heavy atom. The fourth-order valence-electron chi connectivity index (χ4n) is 2.55. The van der Waals surface area contributed by atoms with E-state index in [2.05, 4.69) is 4.90 Å². The van der Waals surface area contributed by atoms with Crippen LogP contribution in [0.5, 0.6) is 5.75 Å². The largest absolute Gasteiger partial charge is 0.468 e. The SMILES string of the molecule is COCOc1cccc(C(O)CN2CC[C@H](OCOC)C2)c1. The third-order valence-electron chi connectivity index (χ3n) is 3.67. The van der Waals surface area contributed by atoms with Crippen LogP contribution in [0.4, 0.5) is 0 Å². The number of benzene rings is 1. The van der Waals surface area contributed by atoms with Gasteiger partial charge in [0.25, 0.3) is 0 Å². The Kier molecular flexibility index (Phi) is 7.08. The predicted octanol–water partition coefficient (Wildman–Crippen LogP) is 1.40. The summed E-state index contributed by atoms with van der Waals surface area (Å²) in [5, 5.41) is 10.4. The first-order valence-electron chi connectivity index (χ1n) is 7.45. The highest BCUT2D eigenvalue weighted by Crippen LogP contribution is 2.22. The maximum absolute atomic E-state index is 10.4. The van der Waals surface area contributed by atoms with Gasteiger partial charge in [-0.2, -0.15) is 0 Å². The first-order valence-corrected chi connectivity index (χ1v) is 7.45. The van der Waals surface area contributed by atoms with Crippen LogP contribution in [0.1, 0.15) is 18.1 Å². The number of rotatable bonds is 9. The zero-order valence-electron chi connectivity index (χ0n) is 13.2. The molecule has 6 heteroatoms. The molecule has 0 radical (unpaired) electrons. The quantitative estimate of drug-likeness (QED) is 0.696. The standard InChI is InChI=1S/C16H25NO5/c1-19-11-21-14-5-3-4-13(8-14)16(18)10-17-7-6-15(9-17)22-12-20-2/h3-5,8,15-16,18H,6-7,9-12H2,1-2H3/t15-,16?/m0/s1. The van der Waals surface area contributed by atoms with Gasteiger partial charge < -0.3 is 24.1 Å². The van der Waals surface area contributed by atoms with Crippen molar-refractivity contribution in [2.24, 2.45) is 0 Å². The molecule has 1 N–H and O–H groups in total. The zero-order valence-corrected chi connectivity index (χ0v) is 13.2. The molecule has 0 aliphatic carbocycles. The number of ether oxygens (including phenoxy) is 4. The Morgan fingerprint density at radius 2 is 2.09 bits per heavy atom. The van der Waals surface area contributed by atoms with Crippen molar-refractivity contribution in [1.82, 2.24) is 4.90 Å². The summed E-state index contributed by atoms with van der Waals surface area (Å²) < 4.78 is 20.8. The summed E-state index contributed by atoms with van der Waals surface area (Å²) >= 11 is 0. The van der Waals surface area contributed by atoms with Crippen molar-refractivity contribution >= 4 is 0 Å². The molecule has 1 aliphatic rings. The third kappa shape index (κ3) is 5.23. The second kappa shape index (κ2) is 9.07. The zero-order chi connectivity index (χ0) is 15.8. The number of nitrogens with zero attached hydrogens (tertiary/aromatic N) is 1. The number of likely N-dealkylation sites (tertiary alicyclic amines) is 1. The monoisotopic (exact) mass is 311 g/mol. The Balaban J connectivity index is 1.83. The van der Waals surface area contributed by atoms with Crippen LogP contribution in [0.3, 0.4) is 0 Å². The van der Waals surface area contributed by atoms with Gasteiger partial charge in [-0.15, -0.1) is 0 Å². The van der Waals surface area contributed by atoms with Crippen LogP contribution in [0.2, 0.25) is 0 Å². The van der Waals surface area contributed by atoms with Gasteiger partial charge in [0, 0.05) is 33.9 Å². The molecule has 22 heavy (non-hydrogen) atoms. The lowest BCUT2D eigenvalue weighted by atomic mass is 10.1. The van der Waals surface area contributed by atoms with Crippen molar-refractivity contribution in [3.63, 3.8) is 0 Å². The fraction of sp³-hybridized carbons (Fsp3) is 0.625. The van der Waals surface area contributed by atoms with E-state index in [4.69, 9.17) is 18.9 Å². The van der Waals surface area contributed by atoms with Gasteiger partial charge in [-0.05, 0) is 24.1 Å². The van der Waals surface area contributed by atoms with Crippen LogP contribution in [0, 0.1) is 0 Å². The number of methoxy groups -OCH3 is 2. The van der Waals surface area contributed by atoms with E-state index in [0.717, 1.165) is 25.1 Å². The summed E-state index contributed by atoms with van der Waals surface area (Å²) in [6.45, 7) is 2.84. The molecular formula is C16H25NO5. The summed E-state index contributed by atoms with van der Waals surface area (Å²) in [5.74, 6) is 0.695. The molecule has 0 bridgehead atoms. The number of hydrogen-bond donors (Lipinski definition) is 1. The average Bonchev–Trinajstić information content (AvgIpc) is 2.98. The van der Waals surface area contributed by atoms with E-state index in [1.807, 2.05) is 24.3 Å². The minimum Gasteiger partial charge on any atom is -0.468 e.